The largest absolute Gasteiger partial charge is 0.443 e. The quantitative estimate of drug-likeness (QED) is 0.236. The summed E-state index contributed by atoms with van der Waals surface area (Å²) in [6, 6.07) is 22.7. The summed E-state index contributed by atoms with van der Waals surface area (Å²) in [5.74, 6) is -1.45. The number of hydrogen-bond donors (Lipinski definition) is 1. The SMILES string of the molecule is O=C(OC(C(=O)Nc1ccc([N+](=O)[O-])cc1Cl)c1ccccc1)c1ccc2ccccc2n1. The standard InChI is InChI=1S/C24H16ClN3O5/c25-18-14-17(28(31)32)11-13-20(18)27-23(29)22(16-7-2-1-3-8-16)33-24(30)21-12-10-15-6-4-5-9-19(15)26-21/h1-14,22H,(H,27,29). The number of non-ortho nitro benzene ring substituents is 1. The van der Waals surface area contributed by atoms with Crippen molar-refractivity contribution in [2.75, 3.05) is 5.32 Å². The van der Waals surface area contributed by atoms with Gasteiger partial charge in [-0.05, 0) is 18.2 Å². The Morgan fingerprint density at radius 2 is 1.70 bits per heavy atom. The van der Waals surface area contributed by atoms with Gasteiger partial charge in [0.1, 0.15) is 5.69 Å². The summed E-state index contributed by atoms with van der Waals surface area (Å²) in [5, 5.41) is 14.3. The zero-order chi connectivity index (χ0) is 23.4. The molecule has 3 aromatic carbocycles. The maximum absolute atomic E-state index is 13.1. The normalized spacial score (nSPS) is 11.5. The van der Waals surface area contributed by atoms with Crippen molar-refractivity contribution in [1.29, 1.82) is 0 Å². The first-order chi connectivity index (χ1) is 15.9. The molecule has 1 heterocycles. The third-order valence-corrected chi connectivity index (χ3v) is 5.11. The fourth-order valence-electron chi connectivity index (χ4n) is 3.17. The van der Waals surface area contributed by atoms with Gasteiger partial charge in [0, 0.05) is 23.1 Å². The van der Waals surface area contributed by atoms with Crippen LogP contribution in [0.3, 0.4) is 0 Å². The number of carbonyl (C=O) groups is 2. The molecule has 1 aromatic heterocycles. The minimum absolute atomic E-state index is 0.0214. The summed E-state index contributed by atoms with van der Waals surface area (Å²) in [5.41, 5.74) is 1.03. The molecule has 0 radical (unpaired) electrons. The summed E-state index contributed by atoms with van der Waals surface area (Å²) in [6.07, 6.45) is -1.31. The number of ether oxygens (including phenoxy) is 1. The average Bonchev–Trinajstić information content (AvgIpc) is 2.83. The maximum atomic E-state index is 13.1. The van der Waals surface area contributed by atoms with Crippen LogP contribution >= 0.6 is 11.6 Å². The number of benzene rings is 3. The summed E-state index contributed by atoms with van der Waals surface area (Å²) in [6.45, 7) is 0. The van der Waals surface area contributed by atoms with Gasteiger partial charge in [-0.2, -0.15) is 0 Å². The van der Waals surface area contributed by atoms with Crippen molar-refractivity contribution in [2.24, 2.45) is 0 Å². The molecule has 1 unspecified atom stereocenters. The topological polar surface area (TPSA) is 111 Å². The van der Waals surface area contributed by atoms with E-state index in [0.29, 0.717) is 11.1 Å². The molecule has 1 amide bonds. The van der Waals surface area contributed by atoms with Crippen LogP contribution in [0.1, 0.15) is 22.2 Å². The first-order valence-corrected chi connectivity index (χ1v) is 10.2. The highest BCUT2D eigenvalue weighted by Crippen LogP contribution is 2.29. The Morgan fingerprint density at radius 3 is 2.42 bits per heavy atom. The Morgan fingerprint density at radius 1 is 0.970 bits per heavy atom. The number of nitro groups is 1. The van der Waals surface area contributed by atoms with Crippen LogP contribution in [0.5, 0.6) is 0 Å². The maximum Gasteiger partial charge on any atom is 0.358 e. The van der Waals surface area contributed by atoms with Crippen molar-refractivity contribution in [3.63, 3.8) is 0 Å². The first-order valence-electron chi connectivity index (χ1n) is 9.79. The number of amides is 1. The van der Waals surface area contributed by atoms with Crippen LogP contribution in [-0.4, -0.2) is 21.8 Å². The van der Waals surface area contributed by atoms with Gasteiger partial charge < -0.3 is 10.1 Å². The number of rotatable bonds is 6. The number of para-hydroxylation sites is 1. The molecular weight excluding hydrogens is 446 g/mol. The highest BCUT2D eigenvalue weighted by Gasteiger charge is 2.27. The van der Waals surface area contributed by atoms with Crippen LogP contribution in [0.4, 0.5) is 11.4 Å². The van der Waals surface area contributed by atoms with Crippen molar-refractivity contribution in [2.45, 2.75) is 6.10 Å². The van der Waals surface area contributed by atoms with Gasteiger partial charge in [-0.25, -0.2) is 9.78 Å². The fraction of sp³-hybridized carbons (Fsp3) is 0.0417. The van der Waals surface area contributed by atoms with Crippen molar-refractivity contribution in [1.82, 2.24) is 4.98 Å². The van der Waals surface area contributed by atoms with Crippen molar-refractivity contribution in [3.05, 3.63) is 111 Å². The molecule has 4 aromatic rings. The van der Waals surface area contributed by atoms with E-state index in [2.05, 4.69) is 10.3 Å². The number of nitrogens with zero attached hydrogens (tertiary/aromatic N) is 2. The van der Waals surface area contributed by atoms with Gasteiger partial charge in [0.15, 0.2) is 0 Å². The van der Waals surface area contributed by atoms with Crippen molar-refractivity contribution < 1.29 is 19.2 Å². The highest BCUT2D eigenvalue weighted by molar-refractivity contribution is 6.34. The van der Waals surface area contributed by atoms with E-state index in [1.54, 1.807) is 48.5 Å². The van der Waals surface area contributed by atoms with E-state index in [4.69, 9.17) is 16.3 Å². The number of hydrogen-bond acceptors (Lipinski definition) is 6. The third kappa shape index (κ3) is 4.97. The van der Waals surface area contributed by atoms with Crippen LogP contribution in [0.2, 0.25) is 5.02 Å². The fourth-order valence-corrected chi connectivity index (χ4v) is 3.39. The lowest BCUT2D eigenvalue weighted by atomic mass is 10.1. The summed E-state index contributed by atoms with van der Waals surface area (Å²) in [7, 11) is 0. The molecule has 0 spiro atoms. The molecule has 164 valence electrons. The Labute approximate surface area is 192 Å². The van der Waals surface area contributed by atoms with Crippen LogP contribution in [0.25, 0.3) is 10.9 Å². The van der Waals surface area contributed by atoms with E-state index in [0.717, 1.165) is 11.5 Å². The molecule has 0 saturated carbocycles. The monoisotopic (exact) mass is 461 g/mol. The lowest BCUT2D eigenvalue weighted by Gasteiger charge is -2.18. The average molecular weight is 462 g/mol. The van der Waals surface area contributed by atoms with Gasteiger partial charge in [-0.1, -0.05) is 66.2 Å². The molecule has 0 fully saturated rings. The molecule has 9 heteroatoms. The van der Waals surface area contributed by atoms with E-state index < -0.39 is 22.9 Å². The molecule has 0 aliphatic rings. The van der Waals surface area contributed by atoms with Crippen LogP contribution in [0, 0.1) is 10.1 Å². The summed E-state index contributed by atoms with van der Waals surface area (Å²) >= 11 is 6.09. The number of fused-ring (bicyclic) bond motifs is 1. The van der Waals surface area contributed by atoms with E-state index in [1.165, 1.54) is 18.2 Å². The molecule has 0 aliphatic heterocycles. The molecule has 4 rings (SSSR count). The third-order valence-electron chi connectivity index (χ3n) is 4.79. The number of nitrogens with one attached hydrogen (secondary N) is 1. The number of nitro benzene ring substituents is 1. The Bertz CT molecular complexity index is 1360. The van der Waals surface area contributed by atoms with Crippen molar-refractivity contribution >= 4 is 45.8 Å². The lowest BCUT2D eigenvalue weighted by molar-refractivity contribution is -0.384. The molecule has 33 heavy (non-hydrogen) atoms. The van der Waals surface area contributed by atoms with Gasteiger partial charge in [-0.15, -0.1) is 0 Å². The van der Waals surface area contributed by atoms with Crippen molar-refractivity contribution in [3.8, 4) is 0 Å². The van der Waals surface area contributed by atoms with E-state index >= 15 is 0 Å². The van der Waals surface area contributed by atoms with E-state index in [1.807, 2.05) is 12.1 Å². The lowest BCUT2D eigenvalue weighted by Crippen LogP contribution is -2.26. The van der Waals surface area contributed by atoms with Gasteiger partial charge in [0.25, 0.3) is 11.6 Å². The van der Waals surface area contributed by atoms with E-state index in [-0.39, 0.29) is 22.1 Å². The molecule has 1 N–H and O–H groups in total. The van der Waals surface area contributed by atoms with Gasteiger partial charge in [0.05, 0.1) is 21.2 Å². The molecule has 1 atom stereocenters. The smallest absolute Gasteiger partial charge is 0.358 e. The minimum atomic E-state index is -1.31. The summed E-state index contributed by atoms with van der Waals surface area (Å²) in [4.78, 5) is 40.5. The highest BCUT2D eigenvalue weighted by atomic mass is 35.5. The van der Waals surface area contributed by atoms with Crippen LogP contribution in [0.15, 0.2) is 84.9 Å². The van der Waals surface area contributed by atoms with Gasteiger partial charge in [-0.3, -0.25) is 14.9 Å². The zero-order valence-corrected chi connectivity index (χ0v) is 17.7. The van der Waals surface area contributed by atoms with Gasteiger partial charge >= 0.3 is 5.97 Å². The number of pyridine rings is 1. The zero-order valence-electron chi connectivity index (χ0n) is 17.0. The van der Waals surface area contributed by atoms with Crippen LogP contribution < -0.4 is 5.32 Å². The summed E-state index contributed by atoms with van der Waals surface area (Å²) < 4.78 is 5.54. The Kier molecular flexibility index (Phi) is 6.28. The Balaban J connectivity index is 1.60. The first kappa shape index (κ1) is 21.9. The number of esters is 1. The number of carbonyl (C=O) groups excluding carboxylic acids is 2. The van der Waals surface area contributed by atoms with Crippen LogP contribution in [-0.2, 0) is 9.53 Å². The number of aromatic nitrogens is 1. The molecule has 0 aliphatic carbocycles. The predicted octanol–water partition coefficient (Wildman–Crippen LogP) is 5.33. The van der Waals surface area contributed by atoms with E-state index in [9.17, 15) is 19.7 Å². The Hall–Kier alpha value is -4.30. The number of halogens is 1. The molecule has 0 saturated heterocycles. The number of anilines is 1. The second-order valence-electron chi connectivity index (χ2n) is 7.00. The molecule has 0 bridgehead atoms. The second kappa shape index (κ2) is 9.46. The second-order valence-corrected chi connectivity index (χ2v) is 7.40. The predicted molar refractivity (Wildman–Crippen MR) is 123 cm³/mol. The van der Waals surface area contributed by atoms with Gasteiger partial charge in [0.2, 0.25) is 6.10 Å². The molecule has 8 nitrogen and oxygen atoms in total. The minimum Gasteiger partial charge on any atom is -0.443 e. The molecular formula is C24H16ClN3O5.